The summed E-state index contributed by atoms with van der Waals surface area (Å²) >= 11 is 0. The summed E-state index contributed by atoms with van der Waals surface area (Å²) in [5.74, 6) is -0.663. The minimum atomic E-state index is -0.663. The molecule has 2 saturated heterocycles. The summed E-state index contributed by atoms with van der Waals surface area (Å²) in [6, 6.07) is 0.815. The van der Waals surface area contributed by atoms with Crippen LogP contribution in [0.5, 0.6) is 0 Å². The maximum absolute atomic E-state index is 10.4. The minimum absolute atomic E-state index is 0.324. The fraction of sp³-hybridized carbons (Fsp3) is 0.933. The van der Waals surface area contributed by atoms with Crippen molar-refractivity contribution in [1.29, 1.82) is 0 Å². The number of rotatable bonds is 6. The molecular weight excluding hydrogens is 240 g/mol. The molecule has 0 atom stereocenters. The van der Waals surface area contributed by atoms with Crippen molar-refractivity contribution in [3.05, 3.63) is 0 Å². The van der Waals surface area contributed by atoms with Gasteiger partial charge in [0, 0.05) is 12.5 Å². The Bertz CT molecular complexity index is 269. The topological polar surface area (TPSA) is 43.8 Å². The fourth-order valence-corrected chi connectivity index (χ4v) is 3.40. The van der Waals surface area contributed by atoms with Crippen molar-refractivity contribution in [2.24, 2.45) is 0 Å². The number of piperidine rings is 2. The van der Waals surface area contributed by atoms with Crippen molar-refractivity contribution in [2.45, 2.75) is 57.4 Å². The lowest BCUT2D eigenvalue weighted by Gasteiger charge is -2.40. The van der Waals surface area contributed by atoms with Crippen LogP contribution in [0.2, 0.25) is 0 Å². The van der Waals surface area contributed by atoms with Gasteiger partial charge in [-0.15, -0.1) is 0 Å². The molecule has 2 heterocycles. The third-order valence-corrected chi connectivity index (χ3v) is 4.58. The van der Waals surface area contributed by atoms with Gasteiger partial charge >= 0.3 is 5.97 Å². The molecule has 0 spiro atoms. The van der Waals surface area contributed by atoms with E-state index >= 15 is 0 Å². The van der Waals surface area contributed by atoms with E-state index in [4.69, 9.17) is 5.11 Å². The number of nitrogens with zero attached hydrogens (tertiary/aromatic N) is 2. The second kappa shape index (κ2) is 7.85. The molecule has 110 valence electrons. The average Bonchev–Trinajstić information content (AvgIpc) is 2.45. The van der Waals surface area contributed by atoms with Crippen molar-refractivity contribution < 1.29 is 9.90 Å². The van der Waals surface area contributed by atoms with Crippen LogP contribution in [0.15, 0.2) is 0 Å². The predicted molar refractivity (Wildman–Crippen MR) is 76.4 cm³/mol. The van der Waals surface area contributed by atoms with Crippen molar-refractivity contribution >= 4 is 5.97 Å². The normalized spacial score (nSPS) is 23.6. The standard InChI is InChI=1S/C15H28N2O2/c18-15(19)6-2-5-9-16-12-7-14(8-13-16)17-10-3-1-4-11-17/h14H,1-13H2,(H,18,19). The molecule has 0 aliphatic carbocycles. The Morgan fingerprint density at radius 1 is 1.00 bits per heavy atom. The second-order valence-electron chi connectivity index (χ2n) is 6.02. The van der Waals surface area contributed by atoms with Crippen LogP contribution in [0, 0.1) is 0 Å². The maximum atomic E-state index is 10.4. The molecule has 0 aromatic rings. The largest absolute Gasteiger partial charge is 0.481 e. The number of carboxylic acid groups (broad SMARTS) is 1. The number of hydrogen-bond donors (Lipinski definition) is 1. The fourth-order valence-electron chi connectivity index (χ4n) is 3.40. The zero-order valence-electron chi connectivity index (χ0n) is 12.0. The van der Waals surface area contributed by atoms with Crippen LogP contribution in [0.3, 0.4) is 0 Å². The molecule has 0 aromatic heterocycles. The molecule has 2 fully saturated rings. The van der Waals surface area contributed by atoms with E-state index in [0.29, 0.717) is 6.42 Å². The van der Waals surface area contributed by atoms with E-state index in [1.165, 1.54) is 58.3 Å². The first-order valence-electron chi connectivity index (χ1n) is 7.94. The number of carboxylic acids is 1. The summed E-state index contributed by atoms with van der Waals surface area (Å²) in [5.41, 5.74) is 0. The van der Waals surface area contributed by atoms with Crippen LogP contribution in [0.4, 0.5) is 0 Å². The van der Waals surface area contributed by atoms with Gasteiger partial charge in [-0.25, -0.2) is 0 Å². The maximum Gasteiger partial charge on any atom is 0.303 e. The summed E-state index contributed by atoms with van der Waals surface area (Å²) in [4.78, 5) is 15.7. The molecule has 2 rings (SSSR count). The number of aliphatic carboxylic acids is 1. The van der Waals surface area contributed by atoms with Gasteiger partial charge in [0.15, 0.2) is 0 Å². The Morgan fingerprint density at radius 2 is 1.68 bits per heavy atom. The summed E-state index contributed by atoms with van der Waals surface area (Å²) in [6.07, 6.45) is 8.97. The van der Waals surface area contributed by atoms with Gasteiger partial charge in [0.05, 0.1) is 0 Å². The van der Waals surface area contributed by atoms with Gasteiger partial charge in [-0.05, 0) is 71.2 Å². The first-order chi connectivity index (χ1) is 9.25. The highest BCUT2D eigenvalue weighted by Gasteiger charge is 2.25. The summed E-state index contributed by atoms with van der Waals surface area (Å²) < 4.78 is 0. The molecule has 0 aromatic carbocycles. The van der Waals surface area contributed by atoms with Crippen LogP contribution < -0.4 is 0 Å². The lowest BCUT2D eigenvalue weighted by atomic mass is 9.99. The molecule has 0 radical (unpaired) electrons. The van der Waals surface area contributed by atoms with Crippen LogP contribution in [-0.4, -0.2) is 59.6 Å². The third kappa shape index (κ3) is 5.11. The highest BCUT2D eigenvalue weighted by Crippen LogP contribution is 2.21. The summed E-state index contributed by atoms with van der Waals surface area (Å²) in [5, 5.41) is 8.61. The molecule has 2 aliphatic rings. The van der Waals surface area contributed by atoms with E-state index in [9.17, 15) is 4.79 Å². The number of hydrogen-bond acceptors (Lipinski definition) is 3. The summed E-state index contributed by atoms with van der Waals surface area (Å²) in [7, 11) is 0. The zero-order chi connectivity index (χ0) is 13.5. The van der Waals surface area contributed by atoms with Gasteiger partial charge in [0.1, 0.15) is 0 Å². The van der Waals surface area contributed by atoms with Gasteiger partial charge in [-0.1, -0.05) is 6.42 Å². The lowest BCUT2D eigenvalue weighted by Crippen LogP contribution is -2.46. The highest BCUT2D eigenvalue weighted by atomic mass is 16.4. The molecule has 4 nitrogen and oxygen atoms in total. The van der Waals surface area contributed by atoms with Gasteiger partial charge in [0.2, 0.25) is 0 Å². The van der Waals surface area contributed by atoms with Crippen LogP contribution in [-0.2, 0) is 4.79 Å². The first kappa shape index (κ1) is 14.8. The van der Waals surface area contributed by atoms with Crippen molar-refractivity contribution in [2.75, 3.05) is 32.7 Å². The molecule has 0 amide bonds. The Hall–Kier alpha value is -0.610. The third-order valence-electron chi connectivity index (χ3n) is 4.58. The molecular formula is C15H28N2O2. The van der Waals surface area contributed by atoms with Gasteiger partial charge < -0.3 is 14.9 Å². The molecule has 2 aliphatic heterocycles. The van der Waals surface area contributed by atoms with E-state index in [1.807, 2.05) is 0 Å². The Labute approximate surface area is 116 Å². The molecule has 0 unspecified atom stereocenters. The van der Waals surface area contributed by atoms with Crippen LogP contribution >= 0.6 is 0 Å². The zero-order valence-corrected chi connectivity index (χ0v) is 12.0. The molecule has 1 N–H and O–H groups in total. The first-order valence-corrected chi connectivity index (χ1v) is 7.94. The Morgan fingerprint density at radius 3 is 2.32 bits per heavy atom. The lowest BCUT2D eigenvalue weighted by molar-refractivity contribution is -0.137. The molecule has 19 heavy (non-hydrogen) atoms. The van der Waals surface area contributed by atoms with Crippen molar-refractivity contribution in [1.82, 2.24) is 9.80 Å². The summed E-state index contributed by atoms with van der Waals surface area (Å²) in [6.45, 7) is 6.11. The van der Waals surface area contributed by atoms with Crippen LogP contribution in [0.25, 0.3) is 0 Å². The predicted octanol–water partition coefficient (Wildman–Crippen LogP) is 2.19. The van der Waals surface area contributed by atoms with Crippen molar-refractivity contribution in [3.8, 4) is 0 Å². The molecule has 4 heteroatoms. The molecule has 0 saturated carbocycles. The number of unbranched alkanes of at least 4 members (excludes halogenated alkanes) is 1. The smallest absolute Gasteiger partial charge is 0.303 e. The monoisotopic (exact) mass is 268 g/mol. The van der Waals surface area contributed by atoms with Gasteiger partial charge in [-0.2, -0.15) is 0 Å². The molecule has 0 bridgehead atoms. The Kier molecular flexibility index (Phi) is 6.11. The number of likely N-dealkylation sites (tertiary alicyclic amines) is 2. The average molecular weight is 268 g/mol. The highest BCUT2D eigenvalue weighted by molar-refractivity contribution is 5.66. The van der Waals surface area contributed by atoms with E-state index in [-0.39, 0.29) is 0 Å². The van der Waals surface area contributed by atoms with Crippen molar-refractivity contribution in [3.63, 3.8) is 0 Å². The van der Waals surface area contributed by atoms with Gasteiger partial charge in [0.25, 0.3) is 0 Å². The number of carbonyl (C=O) groups is 1. The van der Waals surface area contributed by atoms with E-state index in [2.05, 4.69) is 9.80 Å². The quantitative estimate of drug-likeness (QED) is 0.750. The van der Waals surface area contributed by atoms with Crippen LogP contribution in [0.1, 0.15) is 51.4 Å². The minimum Gasteiger partial charge on any atom is -0.481 e. The Balaban J connectivity index is 1.58. The van der Waals surface area contributed by atoms with E-state index in [0.717, 1.165) is 25.4 Å². The van der Waals surface area contributed by atoms with E-state index < -0.39 is 5.97 Å². The van der Waals surface area contributed by atoms with Gasteiger partial charge in [-0.3, -0.25) is 4.79 Å². The van der Waals surface area contributed by atoms with E-state index in [1.54, 1.807) is 0 Å². The second-order valence-corrected chi connectivity index (χ2v) is 6.02. The SMILES string of the molecule is O=C(O)CCCCN1CCC(N2CCCCC2)CC1.